The maximum Gasteiger partial charge on any atom is 0.237 e. The highest BCUT2D eigenvalue weighted by Gasteiger charge is 2.34. The minimum Gasteiger partial charge on any atom is -0.359 e. The van der Waals surface area contributed by atoms with Gasteiger partial charge in [0.25, 0.3) is 0 Å². The van der Waals surface area contributed by atoms with Crippen LogP contribution in [0.4, 0.5) is 0 Å². The molecule has 5 heteroatoms. The van der Waals surface area contributed by atoms with Crippen LogP contribution in [0.15, 0.2) is 24.3 Å². The molecule has 0 spiro atoms. The average molecular weight is 332 g/mol. The topological polar surface area (TPSA) is 58.2 Å². The summed E-state index contributed by atoms with van der Waals surface area (Å²) < 4.78 is 0. The lowest BCUT2D eigenvalue weighted by molar-refractivity contribution is -0.127. The number of hydrogen-bond donors (Lipinski definition) is 2. The van der Waals surface area contributed by atoms with E-state index in [1.165, 1.54) is 5.56 Å². The number of carbonyl (C=O) groups excluding carboxylic acids is 2. The molecule has 1 saturated carbocycles. The molecule has 2 N–H and O–H groups in total. The molecule has 2 aliphatic rings. The number of thioether (sulfide) groups is 1. The summed E-state index contributed by atoms with van der Waals surface area (Å²) in [5.74, 6) is 0.981. The number of nitrogens with one attached hydrogen (secondary N) is 2. The van der Waals surface area contributed by atoms with E-state index in [1.54, 1.807) is 18.8 Å². The van der Waals surface area contributed by atoms with E-state index in [0.29, 0.717) is 0 Å². The van der Waals surface area contributed by atoms with Gasteiger partial charge in [-0.3, -0.25) is 9.59 Å². The van der Waals surface area contributed by atoms with Gasteiger partial charge in [0.1, 0.15) is 5.25 Å². The summed E-state index contributed by atoms with van der Waals surface area (Å²) in [5.41, 5.74) is 2.41. The molecule has 1 aromatic carbocycles. The molecule has 3 rings (SSSR count). The van der Waals surface area contributed by atoms with Crippen LogP contribution in [0.5, 0.6) is 0 Å². The first-order chi connectivity index (χ1) is 11.2. The van der Waals surface area contributed by atoms with Crippen LogP contribution in [0.3, 0.4) is 0 Å². The maximum atomic E-state index is 12.8. The van der Waals surface area contributed by atoms with Gasteiger partial charge in [0.05, 0.1) is 5.92 Å². The third kappa shape index (κ3) is 3.55. The van der Waals surface area contributed by atoms with Crippen molar-refractivity contribution in [3.8, 4) is 0 Å². The Bertz CT molecular complexity index is 590. The SMILES string of the molecule is CNC(=O)[C@@H]1CCCC[C@H]1NC(=O)[C@@H]1SCCc2ccccc21. The summed E-state index contributed by atoms with van der Waals surface area (Å²) in [5, 5.41) is 5.77. The van der Waals surface area contributed by atoms with Gasteiger partial charge in [-0.1, -0.05) is 37.1 Å². The van der Waals surface area contributed by atoms with Gasteiger partial charge >= 0.3 is 0 Å². The molecule has 2 amide bonds. The summed E-state index contributed by atoms with van der Waals surface area (Å²) in [6.45, 7) is 0. The highest BCUT2D eigenvalue weighted by molar-refractivity contribution is 8.00. The van der Waals surface area contributed by atoms with Crippen molar-refractivity contribution in [3.63, 3.8) is 0 Å². The lowest BCUT2D eigenvalue weighted by Gasteiger charge is -2.33. The Balaban J connectivity index is 1.72. The Morgan fingerprint density at radius 1 is 1.13 bits per heavy atom. The fourth-order valence-corrected chi connectivity index (χ4v) is 4.87. The monoisotopic (exact) mass is 332 g/mol. The number of aryl methyl sites for hydroxylation is 1. The first kappa shape index (κ1) is 16.4. The molecule has 124 valence electrons. The van der Waals surface area contributed by atoms with Crippen molar-refractivity contribution in [2.75, 3.05) is 12.8 Å². The van der Waals surface area contributed by atoms with Crippen LogP contribution in [-0.4, -0.2) is 30.7 Å². The largest absolute Gasteiger partial charge is 0.359 e. The second kappa shape index (κ2) is 7.39. The lowest BCUT2D eigenvalue weighted by atomic mass is 9.83. The van der Waals surface area contributed by atoms with Crippen LogP contribution in [0, 0.1) is 5.92 Å². The number of benzene rings is 1. The van der Waals surface area contributed by atoms with E-state index < -0.39 is 0 Å². The highest BCUT2D eigenvalue weighted by atomic mass is 32.2. The van der Waals surface area contributed by atoms with E-state index in [4.69, 9.17) is 0 Å². The molecule has 3 atom stereocenters. The van der Waals surface area contributed by atoms with Gasteiger partial charge in [-0.05, 0) is 36.1 Å². The fraction of sp³-hybridized carbons (Fsp3) is 0.556. The van der Waals surface area contributed by atoms with Crippen LogP contribution in [-0.2, 0) is 16.0 Å². The quantitative estimate of drug-likeness (QED) is 0.894. The molecular weight excluding hydrogens is 308 g/mol. The zero-order valence-corrected chi connectivity index (χ0v) is 14.3. The minimum absolute atomic E-state index is 0.0362. The van der Waals surface area contributed by atoms with Crippen molar-refractivity contribution in [3.05, 3.63) is 35.4 Å². The zero-order chi connectivity index (χ0) is 16.2. The van der Waals surface area contributed by atoms with Gasteiger partial charge in [0.15, 0.2) is 0 Å². The number of amides is 2. The zero-order valence-electron chi connectivity index (χ0n) is 13.5. The van der Waals surface area contributed by atoms with Gasteiger partial charge in [-0.15, -0.1) is 11.8 Å². The molecular formula is C18H24N2O2S. The van der Waals surface area contributed by atoms with Crippen LogP contribution in [0.2, 0.25) is 0 Å². The first-order valence-electron chi connectivity index (χ1n) is 8.42. The molecule has 1 heterocycles. The molecule has 0 bridgehead atoms. The maximum absolute atomic E-state index is 12.8. The second-order valence-corrected chi connectivity index (χ2v) is 7.53. The van der Waals surface area contributed by atoms with Crippen molar-refractivity contribution in [2.24, 2.45) is 5.92 Å². The predicted octanol–water partition coefficient (Wildman–Crippen LogP) is 2.44. The Kier molecular flexibility index (Phi) is 5.26. The molecule has 0 radical (unpaired) electrons. The van der Waals surface area contributed by atoms with Crippen molar-refractivity contribution in [1.82, 2.24) is 10.6 Å². The van der Waals surface area contributed by atoms with Crippen molar-refractivity contribution < 1.29 is 9.59 Å². The van der Waals surface area contributed by atoms with E-state index in [1.807, 2.05) is 12.1 Å². The third-order valence-corrected chi connectivity index (χ3v) is 6.15. The summed E-state index contributed by atoms with van der Waals surface area (Å²) in [6, 6.07) is 8.17. The van der Waals surface area contributed by atoms with E-state index in [-0.39, 0.29) is 29.0 Å². The molecule has 1 fully saturated rings. The third-order valence-electron chi connectivity index (χ3n) is 4.91. The second-order valence-electron chi connectivity index (χ2n) is 6.32. The summed E-state index contributed by atoms with van der Waals surface area (Å²) in [6.07, 6.45) is 4.91. The molecule has 0 aromatic heterocycles. The number of carbonyl (C=O) groups is 2. The van der Waals surface area contributed by atoms with Gasteiger partial charge in [0, 0.05) is 13.1 Å². The van der Waals surface area contributed by atoms with Gasteiger partial charge in [-0.2, -0.15) is 0 Å². The van der Waals surface area contributed by atoms with Crippen LogP contribution < -0.4 is 10.6 Å². The fourth-order valence-electron chi connectivity index (χ4n) is 3.67. The molecule has 0 unspecified atom stereocenters. The summed E-state index contributed by atoms with van der Waals surface area (Å²) in [4.78, 5) is 24.9. The van der Waals surface area contributed by atoms with Crippen LogP contribution in [0.25, 0.3) is 0 Å². The number of hydrogen-bond acceptors (Lipinski definition) is 3. The van der Waals surface area contributed by atoms with Crippen LogP contribution >= 0.6 is 11.8 Å². The van der Waals surface area contributed by atoms with Gasteiger partial charge in [-0.25, -0.2) is 0 Å². The summed E-state index contributed by atoms with van der Waals surface area (Å²) >= 11 is 1.71. The van der Waals surface area contributed by atoms with Crippen molar-refractivity contribution in [2.45, 2.75) is 43.4 Å². The van der Waals surface area contributed by atoms with E-state index in [0.717, 1.165) is 43.4 Å². The van der Waals surface area contributed by atoms with E-state index in [9.17, 15) is 9.59 Å². The Morgan fingerprint density at radius 3 is 2.74 bits per heavy atom. The molecule has 4 nitrogen and oxygen atoms in total. The number of rotatable bonds is 3. The molecule has 0 saturated heterocycles. The molecule has 1 aromatic rings. The smallest absolute Gasteiger partial charge is 0.237 e. The normalized spacial score (nSPS) is 26.9. The number of fused-ring (bicyclic) bond motifs is 1. The van der Waals surface area contributed by atoms with Gasteiger partial charge in [0.2, 0.25) is 11.8 Å². The van der Waals surface area contributed by atoms with Crippen molar-refractivity contribution >= 4 is 23.6 Å². The molecule has 23 heavy (non-hydrogen) atoms. The standard InChI is InChI=1S/C18H24N2O2S/c1-19-17(21)14-8-4-5-9-15(14)20-18(22)16-13-7-3-2-6-12(13)10-11-23-16/h2-3,6-7,14-16H,4-5,8-11H2,1H3,(H,19,21)(H,20,22)/t14-,15-,16-/m1/s1. The van der Waals surface area contributed by atoms with E-state index in [2.05, 4.69) is 22.8 Å². The van der Waals surface area contributed by atoms with E-state index >= 15 is 0 Å². The minimum atomic E-state index is -0.146. The predicted molar refractivity (Wildman–Crippen MR) is 93.3 cm³/mol. The first-order valence-corrected chi connectivity index (χ1v) is 9.47. The van der Waals surface area contributed by atoms with Crippen LogP contribution in [0.1, 0.15) is 42.1 Å². The Labute approximate surface area is 141 Å². The summed E-state index contributed by atoms with van der Waals surface area (Å²) in [7, 11) is 1.67. The lowest BCUT2D eigenvalue weighted by Crippen LogP contribution is -2.48. The Morgan fingerprint density at radius 2 is 1.91 bits per heavy atom. The Hall–Kier alpha value is -1.49. The molecule has 1 aliphatic heterocycles. The molecule has 1 aliphatic carbocycles. The van der Waals surface area contributed by atoms with Gasteiger partial charge < -0.3 is 10.6 Å². The van der Waals surface area contributed by atoms with Crippen molar-refractivity contribution in [1.29, 1.82) is 0 Å². The average Bonchev–Trinajstić information content (AvgIpc) is 2.61. The highest BCUT2D eigenvalue weighted by Crippen LogP contribution is 2.37.